The highest BCUT2D eigenvalue weighted by Gasteiger charge is 2.33. The molecule has 4 nitrogen and oxygen atoms in total. The molecule has 1 saturated heterocycles. The first-order chi connectivity index (χ1) is 9.74. The molecule has 2 rings (SSSR count). The Labute approximate surface area is 120 Å². The summed E-state index contributed by atoms with van der Waals surface area (Å²) in [5.74, 6) is -1.23. The number of methoxy groups -OCH3 is 1. The van der Waals surface area contributed by atoms with Gasteiger partial charge in [-0.25, -0.2) is 0 Å². The molecule has 1 unspecified atom stereocenters. The second-order valence-corrected chi connectivity index (χ2v) is 4.40. The lowest BCUT2D eigenvalue weighted by atomic mass is 10.0. The van der Waals surface area contributed by atoms with Crippen LogP contribution >= 0.6 is 0 Å². The molecule has 1 aromatic rings. The largest absolute Gasteiger partial charge is 0.468 e. The summed E-state index contributed by atoms with van der Waals surface area (Å²) in [5, 5.41) is 0. The highest BCUT2D eigenvalue weighted by Crippen LogP contribution is 2.24. The summed E-state index contributed by atoms with van der Waals surface area (Å²) in [4.78, 5) is 25.7. The Hall–Kier alpha value is -1.84. The van der Waals surface area contributed by atoms with Gasteiger partial charge in [-0.15, -0.1) is 0 Å². The van der Waals surface area contributed by atoms with Gasteiger partial charge in [-0.1, -0.05) is 38.5 Å². The van der Waals surface area contributed by atoms with Crippen molar-refractivity contribution in [2.45, 2.75) is 33.1 Å². The van der Waals surface area contributed by atoms with E-state index >= 15 is 0 Å². The van der Waals surface area contributed by atoms with Crippen LogP contribution in [0.4, 0.5) is 5.69 Å². The summed E-state index contributed by atoms with van der Waals surface area (Å²) in [5.41, 5.74) is 0.846. The molecule has 1 fully saturated rings. The van der Waals surface area contributed by atoms with Crippen LogP contribution in [0, 0.1) is 5.92 Å². The van der Waals surface area contributed by atoms with E-state index in [4.69, 9.17) is 4.74 Å². The van der Waals surface area contributed by atoms with Gasteiger partial charge in [0.2, 0.25) is 5.91 Å². The number of amides is 1. The molecule has 4 heteroatoms. The number of carbonyl (C=O) groups is 2. The van der Waals surface area contributed by atoms with Crippen LogP contribution in [0.5, 0.6) is 0 Å². The third-order valence-electron chi connectivity index (χ3n) is 3.24. The Morgan fingerprint density at radius 1 is 1.20 bits per heavy atom. The molecule has 1 heterocycles. The minimum absolute atomic E-state index is 0.148. The molecule has 0 N–H and O–H groups in total. The van der Waals surface area contributed by atoms with Gasteiger partial charge in [0, 0.05) is 12.2 Å². The second-order valence-electron chi connectivity index (χ2n) is 4.40. The lowest BCUT2D eigenvalue weighted by molar-refractivity contribution is -0.149. The number of rotatable bonds is 2. The third-order valence-corrected chi connectivity index (χ3v) is 3.24. The minimum atomic E-state index is -0.655. The van der Waals surface area contributed by atoms with Crippen LogP contribution in [-0.2, 0) is 14.3 Å². The second kappa shape index (κ2) is 8.35. The fourth-order valence-corrected chi connectivity index (χ4v) is 2.27. The van der Waals surface area contributed by atoms with Crippen LogP contribution in [-0.4, -0.2) is 25.5 Å². The summed E-state index contributed by atoms with van der Waals surface area (Å²) in [6.45, 7) is 4.66. The van der Waals surface area contributed by atoms with Crippen molar-refractivity contribution in [2.24, 2.45) is 5.92 Å². The van der Waals surface area contributed by atoms with Crippen molar-refractivity contribution in [1.29, 1.82) is 0 Å². The summed E-state index contributed by atoms with van der Waals surface area (Å²) in [7, 11) is 1.33. The Bertz CT molecular complexity index is 431. The van der Waals surface area contributed by atoms with Gasteiger partial charge >= 0.3 is 5.97 Å². The Morgan fingerprint density at radius 2 is 1.85 bits per heavy atom. The third kappa shape index (κ3) is 3.83. The molecule has 1 aromatic carbocycles. The number of carbonyl (C=O) groups excluding carboxylic acids is 2. The molecule has 110 valence electrons. The summed E-state index contributed by atoms with van der Waals surface area (Å²) in [6, 6.07) is 9.46. The van der Waals surface area contributed by atoms with E-state index in [9.17, 15) is 9.59 Å². The van der Waals surface area contributed by atoms with Crippen molar-refractivity contribution in [3.63, 3.8) is 0 Å². The standard InChI is InChI=1S/C14H17NO3.C2H6/c1-18-14(17)12-9-5-6-10-15(13(12)16)11-7-3-2-4-8-11;1-2/h2-4,7-8,12H,5-6,9-10H2,1H3;1-2H3. The van der Waals surface area contributed by atoms with Gasteiger partial charge in [0.1, 0.15) is 5.92 Å². The first-order valence-electron chi connectivity index (χ1n) is 7.18. The van der Waals surface area contributed by atoms with Gasteiger partial charge in [0.05, 0.1) is 7.11 Å². The van der Waals surface area contributed by atoms with Gasteiger partial charge in [0.25, 0.3) is 0 Å². The molecule has 0 saturated carbocycles. The van der Waals surface area contributed by atoms with Crippen LogP contribution in [0.15, 0.2) is 30.3 Å². The number of benzene rings is 1. The van der Waals surface area contributed by atoms with Crippen LogP contribution in [0.3, 0.4) is 0 Å². The molecule has 0 spiro atoms. The zero-order valence-corrected chi connectivity index (χ0v) is 12.5. The summed E-state index contributed by atoms with van der Waals surface area (Å²) >= 11 is 0. The number of nitrogens with zero attached hydrogens (tertiary/aromatic N) is 1. The molecule has 1 aliphatic rings. The molecule has 1 atom stereocenters. The Balaban J connectivity index is 0.000000956. The van der Waals surface area contributed by atoms with Gasteiger partial charge in [-0.2, -0.15) is 0 Å². The summed E-state index contributed by atoms with van der Waals surface area (Å²) in [6.07, 6.45) is 2.36. The number of hydrogen-bond acceptors (Lipinski definition) is 3. The lowest BCUT2D eigenvalue weighted by Crippen LogP contribution is -2.38. The number of hydrogen-bond donors (Lipinski definition) is 0. The zero-order chi connectivity index (χ0) is 15.0. The predicted molar refractivity (Wildman–Crippen MR) is 79.5 cm³/mol. The minimum Gasteiger partial charge on any atom is -0.468 e. The van der Waals surface area contributed by atoms with Gasteiger partial charge in [-0.05, 0) is 25.0 Å². The molecule has 1 aliphatic heterocycles. The maximum atomic E-state index is 12.4. The zero-order valence-electron chi connectivity index (χ0n) is 12.5. The molecule has 1 amide bonds. The fourth-order valence-electron chi connectivity index (χ4n) is 2.27. The van der Waals surface area contributed by atoms with Crippen molar-refractivity contribution >= 4 is 17.6 Å². The normalized spacial score (nSPS) is 18.6. The first-order valence-corrected chi connectivity index (χ1v) is 7.18. The first kappa shape index (κ1) is 16.2. The number of ether oxygens (including phenoxy) is 1. The van der Waals surface area contributed by atoms with E-state index in [1.807, 2.05) is 44.2 Å². The van der Waals surface area contributed by atoms with E-state index in [0.717, 1.165) is 18.5 Å². The number of anilines is 1. The molecular weight excluding hydrogens is 254 g/mol. The molecule has 0 bridgehead atoms. The quantitative estimate of drug-likeness (QED) is 0.616. The highest BCUT2D eigenvalue weighted by molar-refractivity contribution is 6.06. The Morgan fingerprint density at radius 3 is 2.45 bits per heavy atom. The number of esters is 1. The fraction of sp³-hybridized carbons (Fsp3) is 0.500. The maximum Gasteiger partial charge on any atom is 0.318 e. The van der Waals surface area contributed by atoms with Crippen molar-refractivity contribution in [2.75, 3.05) is 18.6 Å². The van der Waals surface area contributed by atoms with Crippen LogP contribution in [0.2, 0.25) is 0 Å². The molecule has 0 aromatic heterocycles. The SMILES string of the molecule is CC.COC(=O)C1CCCCN(c2ccccc2)C1=O. The average Bonchev–Trinajstić information content (AvgIpc) is 2.71. The topological polar surface area (TPSA) is 46.6 Å². The van der Waals surface area contributed by atoms with Crippen molar-refractivity contribution < 1.29 is 14.3 Å². The van der Waals surface area contributed by atoms with Gasteiger partial charge < -0.3 is 9.64 Å². The highest BCUT2D eigenvalue weighted by atomic mass is 16.5. The maximum absolute atomic E-state index is 12.4. The van der Waals surface area contributed by atoms with E-state index in [0.29, 0.717) is 13.0 Å². The molecule has 20 heavy (non-hydrogen) atoms. The van der Waals surface area contributed by atoms with Crippen LogP contribution in [0.1, 0.15) is 33.1 Å². The van der Waals surface area contributed by atoms with E-state index in [1.165, 1.54) is 7.11 Å². The number of para-hydroxylation sites is 1. The molecular formula is C16H23NO3. The van der Waals surface area contributed by atoms with Crippen LogP contribution in [0.25, 0.3) is 0 Å². The molecule has 0 radical (unpaired) electrons. The van der Waals surface area contributed by atoms with Gasteiger partial charge in [-0.3, -0.25) is 9.59 Å². The predicted octanol–water partition coefficient (Wildman–Crippen LogP) is 3.02. The van der Waals surface area contributed by atoms with Crippen molar-refractivity contribution in [3.8, 4) is 0 Å². The van der Waals surface area contributed by atoms with E-state index < -0.39 is 11.9 Å². The Kier molecular flexibility index (Phi) is 6.77. The van der Waals surface area contributed by atoms with Crippen molar-refractivity contribution in [1.82, 2.24) is 0 Å². The average molecular weight is 277 g/mol. The lowest BCUT2D eigenvalue weighted by Gasteiger charge is -2.23. The van der Waals surface area contributed by atoms with Gasteiger partial charge in [0.15, 0.2) is 0 Å². The summed E-state index contributed by atoms with van der Waals surface area (Å²) < 4.78 is 4.71. The molecule has 0 aliphatic carbocycles. The van der Waals surface area contributed by atoms with E-state index in [-0.39, 0.29) is 5.91 Å². The van der Waals surface area contributed by atoms with E-state index in [1.54, 1.807) is 4.90 Å². The smallest absolute Gasteiger partial charge is 0.318 e. The van der Waals surface area contributed by atoms with E-state index in [2.05, 4.69) is 0 Å². The monoisotopic (exact) mass is 277 g/mol. The van der Waals surface area contributed by atoms with Crippen LogP contribution < -0.4 is 4.90 Å². The van der Waals surface area contributed by atoms with Crippen molar-refractivity contribution in [3.05, 3.63) is 30.3 Å².